The monoisotopic (exact) mass is 417 g/mol. The zero-order chi connectivity index (χ0) is 19.5. The fourth-order valence-corrected chi connectivity index (χ4v) is 4.35. The molecule has 1 saturated heterocycles. The number of aromatic nitrogens is 3. The van der Waals surface area contributed by atoms with E-state index in [2.05, 4.69) is 20.4 Å². The Bertz CT molecular complexity index is 951. The second-order valence-corrected chi connectivity index (χ2v) is 7.90. The van der Waals surface area contributed by atoms with Gasteiger partial charge in [0.1, 0.15) is 5.75 Å². The molecule has 1 amide bonds. The van der Waals surface area contributed by atoms with Gasteiger partial charge in [0.25, 0.3) is 0 Å². The van der Waals surface area contributed by atoms with Crippen molar-refractivity contribution in [3.05, 3.63) is 47.7 Å². The largest absolute Gasteiger partial charge is 0.495 e. The highest BCUT2D eigenvalue weighted by Gasteiger charge is 2.27. The third-order valence-electron chi connectivity index (χ3n) is 4.78. The zero-order valence-corrected chi connectivity index (χ0v) is 16.9. The SMILES string of the molecule is COc1ccc(NC(=O)C2CCN(c3nnc(-n4cccc4)s3)CC2)cc1Cl. The van der Waals surface area contributed by atoms with Crippen molar-refractivity contribution in [1.29, 1.82) is 0 Å². The summed E-state index contributed by atoms with van der Waals surface area (Å²) >= 11 is 7.68. The average Bonchev–Trinajstić information content (AvgIpc) is 3.40. The Morgan fingerprint density at radius 1 is 1.21 bits per heavy atom. The fraction of sp³-hybridized carbons (Fsp3) is 0.316. The third-order valence-corrected chi connectivity index (χ3v) is 6.08. The predicted molar refractivity (Wildman–Crippen MR) is 111 cm³/mol. The van der Waals surface area contributed by atoms with Crippen LogP contribution in [0, 0.1) is 5.92 Å². The number of hydrogen-bond donors (Lipinski definition) is 1. The minimum Gasteiger partial charge on any atom is -0.495 e. The van der Waals surface area contributed by atoms with Gasteiger partial charge < -0.3 is 15.0 Å². The maximum absolute atomic E-state index is 12.6. The molecule has 0 bridgehead atoms. The van der Waals surface area contributed by atoms with Crippen molar-refractivity contribution in [1.82, 2.24) is 14.8 Å². The van der Waals surface area contributed by atoms with Crippen LogP contribution in [-0.4, -0.2) is 40.9 Å². The maximum atomic E-state index is 12.6. The summed E-state index contributed by atoms with van der Waals surface area (Å²) in [6.07, 6.45) is 5.45. The predicted octanol–water partition coefficient (Wildman–Crippen LogP) is 3.85. The summed E-state index contributed by atoms with van der Waals surface area (Å²) in [5.74, 6) is 0.574. The van der Waals surface area contributed by atoms with Crippen molar-refractivity contribution >= 4 is 39.7 Å². The van der Waals surface area contributed by atoms with E-state index in [9.17, 15) is 4.79 Å². The lowest BCUT2D eigenvalue weighted by Crippen LogP contribution is -2.38. The Kier molecular flexibility index (Phi) is 5.50. The first-order chi connectivity index (χ1) is 13.6. The van der Waals surface area contributed by atoms with Gasteiger partial charge in [-0.05, 0) is 43.2 Å². The van der Waals surface area contributed by atoms with Crippen LogP contribution in [0.5, 0.6) is 5.75 Å². The van der Waals surface area contributed by atoms with Gasteiger partial charge >= 0.3 is 0 Å². The highest BCUT2D eigenvalue weighted by Crippen LogP contribution is 2.30. The molecule has 4 rings (SSSR count). The van der Waals surface area contributed by atoms with Gasteiger partial charge in [-0.3, -0.25) is 9.36 Å². The van der Waals surface area contributed by atoms with Crippen LogP contribution in [0.4, 0.5) is 10.8 Å². The number of nitrogens with zero attached hydrogens (tertiary/aromatic N) is 4. The Balaban J connectivity index is 1.33. The van der Waals surface area contributed by atoms with Crippen LogP contribution in [-0.2, 0) is 4.79 Å². The first kappa shape index (κ1) is 18.8. The molecule has 146 valence electrons. The van der Waals surface area contributed by atoms with Crippen molar-refractivity contribution in [2.24, 2.45) is 5.92 Å². The second-order valence-electron chi connectivity index (χ2n) is 6.56. The van der Waals surface area contributed by atoms with E-state index in [1.807, 2.05) is 29.1 Å². The van der Waals surface area contributed by atoms with E-state index in [1.165, 1.54) is 0 Å². The molecular formula is C19H20ClN5O2S. The number of nitrogens with one attached hydrogen (secondary N) is 1. The minimum absolute atomic E-state index is 0.0196. The summed E-state index contributed by atoms with van der Waals surface area (Å²) in [6.45, 7) is 1.56. The number of ether oxygens (including phenoxy) is 1. The van der Waals surface area contributed by atoms with Crippen LogP contribution in [0.2, 0.25) is 5.02 Å². The van der Waals surface area contributed by atoms with Crippen LogP contribution in [0.15, 0.2) is 42.7 Å². The lowest BCUT2D eigenvalue weighted by molar-refractivity contribution is -0.120. The molecule has 0 aliphatic carbocycles. The first-order valence-electron chi connectivity index (χ1n) is 9.00. The summed E-state index contributed by atoms with van der Waals surface area (Å²) in [7, 11) is 1.56. The van der Waals surface area contributed by atoms with Gasteiger partial charge in [-0.15, -0.1) is 10.2 Å². The molecule has 0 radical (unpaired) electrons. The number of methoxy groups -OCH3 is 1. The van der Waals surface area contributed by atoms with E-state index >= 15 is 0 Å². The number of piperidine rings is 1. The fourth-order valence-electron chi connectivity index (χ4n) is 3.22. The molecule has 3 aromatic rings. The van der Waals surface area contributed by atoms with Gasteiger partial charge in [0.2, 0.25) is 16.2 Å². The van der Waals surface area contributed by atoms with E-state index in [0.717, 1.165) is 36.2 Å². The van der Waals surface area contributed by atoms with Crippen molar-refractivity contribution in [2.45, 2.75) is 12.8 Å². The Morgan fingerprint density at radius 2 is 1.93 bits per heavy atom. The van der Waals surface area contributed by atoms with Crippen LogP contribution in [0.25, 0.3) is 5.13 Å². The van der Waals surface area contributed by atoms with Crippen LogP contribution >= 0.6 is 22.9 Å². The molecule has 0 spiro atoms. The molecule has 2 aromatic heterocycles. The Morgan fingerprint density at radius 3 is 2.61 bits per heavy atom. The first-order valence-corrected chi connectivity index (χ1v) is 10.2. The molecule has 28 heavy (non-hydrogen) atoms. The van der Waals surface area contributed by atoms with Crippen LogP contribution < -0.4 is 15.0 Å². The molecule has 1 aromatic carbocycles. The van der Waals surface area contributed by atoms with Crippen molar-refractivity contribution in [3.63, 3.8) is 0 Å². The maximum Gasteiger partial charge on any atom is 0.227 e. The summed E-state index contributed by atoms with van der Waals surface area (Å²) < 4.78 is 7.08. The summed E-state index contributed by atoms with van der Waals surface area (Å²) in [5.41, 5.74) is 0.679. The van der Waals surface area contributed by atoms with Crippen molar-refractivity contribution in [3.8, 4) is 10.9 Å². The Labute approximate surface area is 171 Å². The smallest absolute Gasteiger partial charge is 0.227 e. The lowest BCUT2D eigenvalue weighted by atomic mass is 9.96. The lowest BCUT2D eigenvalue weighted by Gasteiger charge is -2.30. The molecular weight excluding hydrogens is 398 g/mol. The number of carbonyl (C=O) groups is 1. The van der Waals surface area contributed by atoms with Gasteiger partial charge in [-0.25, -0.2) is 0 Å². The van der Waals surface area contributed by atoms with Gasteiger partial charge in [-0.2, -0.15) is 0 Å². The van der Waals surface area contributed by atoms with Crippen molar-refractivity contribution < 1.29 is 9.53 Å². The number of amides is 1. The molecule has 1 aliphatic heterocycles. The molecule has 1 aliphatic rings. The zero-order valence-electron chi connectivity index (χ0n) is 15.3. The van der Waals surface area contributed by atoms with Crippen LogP contribution in [0.3, 0.4) is 0 Å². The molecule has 1 fully saturated rings. The Hall–Kier alpha value is -2.58. The molecule has 7 nitrogen and oxygen atoms in total. The van der Waals surface area contributed by atoms with Gasteiger partial charge in [0, 0.05) is 37.1 Å². The number of benzene rings is 1. The van der Waals surface area contributed by atoms with Crippen molar-refractivity contribution in [2.75, 3.05) is 30.4 Å². The second kappa shape index (κ2) is 8.20. The molecule has 3 heterocycles. The third kappa shape index (κ3) is 3.98. The van der Waals surface area contributed by atoms with E-state index < -0.39 is 0 Å². The van der Waals surface area contributed by atoms with Gasteiger partial charge in [0.15, 0.2) is 0 Å². The highest BCUT2D eigenvalue weighted by molar-refractivity contribution is 7.17. The molecule has 0 atom stereocenters. The average molecular weight is 418 g/mol. The van der Waals surface area contributed by atoms with E-state index in [4.69, 9.17) is 16.3 Å². The van der Waals surface area contributed by atoms with E-state index in [1.54, 1.807) is 36.6 Å². The topological polar surface area (TPSA) is 72.3 Å². The minimum atomic E-state index is -0.0334. The standard InChI is InChI=1S/C19H20ClN5O2S/c1-27-16-5-4-14(12-15(16)20)21-17(26)13-6-10-25(11-7-13)19-23-22-18(28-19)24-8-2-3-9-24/h2-5,8-9,12-13H,6-7,10-11H2,1H3,(H,21,26). The summed E-state index contributed by atoms with van der Waals surface area (Å²) in [4.78, 5) is 14.8. The number of anilines is 2. The van der Waals surface area contributed by atoms with Gasteiger partial charge in [0.05, 0.1) is 12.1 Å². The number of carbonyl (C=O) groups excluding carboxylic acids is 1. The highest BCUT2D eigenvalue weighted by atomic mass is 35.5. The summed E-state index contributed by atoms with van der Waals surface area (Å²) in [6, 6.07) is 9.17. The van der Waals surface area contributed by atoms with E-state index in [-0.39, 0.29) is 11.8 Å². The molecule has 0 saturated carbocycles. The van der Waals surface area contributed by atoms with Gasteiger partial charge in [-0.1, -0.05) is 22.9 Å². The van der Waals surface area contributed by atoms with Crippen LogP contribution in [0.1, 0.15) is 12.8 Å². The number of rotatable bonds is 5. The quantitative estimate of drug-likeness (QED) is 0.682. The normalized spacial score (nSPS) is 14.9. The molecule has 9 heteroatoms. The molecule has 1 N–H and O–H groups in total. The summed E-state index contributed by atoms with van der Waals surface area (Å²) in [5, 5.41) is 13.7. The molecule has 0 unspecified atom stereocenters. The number of hydrogen-bond acceptors (Lipinski definition) is 6. The van der Waals surface area contributed by atoms with E-state index in [0.29, 0.717) is 16.5 Å². The number of halogens is 1.